The maximum atomic E-state index is 5.65. The Kier molecular flexibility index (Phi) is 6.32. The first-order valence-corrected chi connectivity index (χ1v) is 9.26. The molecule has 0 spiro atoms. The Morgan fingerprint density at radius 3 is 2.59 bits per heavy atom. The lowest BCUT2D eigenvalue weighted by Crippen LogP contribution is -2.06. The number of nitrogens with zero attached hydrogens (tertiary/aromatic N) is 3. The van der Waals surface area contributed by atoms with Gasteiger partial charge in [-0.05, 0) is 37.1 Å². The minimum atomic E-state index is -0.356. The van der Waals surface area contributed by atoms with Crippen molar-refractivity contribution < 1.29 is 9.26 Å². The molecule has 138 valence electrons. The highest BCUT2D eigenvalue weighted by Gasteiger charge is 2.20. The van der Waals surface area contributed by atoms with Gasteiger partial charge in [-0.25, -0.2) is 0 Å². The fourth-order valence-corrected chi connectivity index (χ4v) is 2.96. The predicted octanol–water partition coefficient (Wildman–Crippen LogP) is 5.32. The lowest BCUT2D eigenvalue weighted by atomic mass is 10.0. The molecule has 1 atom stereocenters. The van der Waals surface area contributed by atoms with Crippen molar-refractivity contribution in [1.29, 1.82) is 0 Å². The van der Waals surface area contributed by atoms with Gasteiger partial charge in [-0.3, -0.25) is 0 Å². The number of hydrogen-bond acceptors (Lipinski definition) is 5. The van der Waals surface area contributed by atoms with Crippen LogP contribution in [0.1, 0.15) is 41.2 Å². The summed E-state index contributed by atoms with van der Waals surface area (Å²) in [5.74, 6) is 0.658. The Morgan fingerprint density at radius 2 is 1.93 bits per heavy atom. The lowest BCUT2D eigenvalue weighted by Gasteiger charge is -2.14. The molecule has 0 saturated heterocycles. The molecule has 0 amide bonds. The fraction of sp³-hybridized carbons (Fsp3) is 0.190. The summed E-state index contributed by atoms with van der Waals surface area (Å²) in [6, 6.07) is 17.7. The van der Waals surface area contributed by atoms with Crippen molar-refractivity contribution in [1.82, 2.24) is 5.16 Å². The minimum Gasteiger partial charge on any atom is -0.369 e. The molecule has 0 bridgehead atoms. The Bertz CT molecular complexity index is 962. The van der Waals surface area contributed by atoms with Crippen molar-refractivity contribution in [2.45, 2.75) is 20.0 Å². The van der Waals surface area contributed by atoms with Crippen molar-refractivity contribution in [3.63, 3.8) is 0 Å². The second-order valence-corrected chi connectivity index (χ2v) is 6.97. The van der Waals surface area contributed by atoms with Crippen LogP contribution in [-0.4, -0.2) is 24.2 Å². The van der Waals surface area contributed by atoms with Gasteiger partial charge in [0.15, 0.2) is 5.76 Å². The molecule has 27 heavy (non-hydrogen) atoms. The molecule has 0 fully saturated rings. The molecule has 1 heterocycles. The van der Waals surface area contributed by atoms with Crippen LogP contribution in [0.4, 0.5) is 0 Å². The van der Waals surface area contributed by atoms with Crippen LogP contribution in [0.3, 0.4) is 0 Å². The number of hydrogen-bond donors (Lipinski definition) is 0. The minimum absolute atomic E-state index is 0.356. The zero-order valence-corrected chi connectivity index (χ0v) is 17.0. The van der Waals surface area contributed by atoms with Crippen molar-refractivity contribution in [3.05, 3.63) is 87.2 Å². The highest BCUT2D eigenvalue weighted by Crippen LogP contribution is 2.28. The monoisotopic (exact) mass is 425 g/mol. The van der Waals surface area contributed by atoms with E-state index in [9.17, 15) is 0 Å². The Labute approximate surface area is 166 Å². The van der Waals surface area contributed by atoms with Gasteiger partial charge in [-0.15, -0.1) is 0 Å². The maximum absolute atomic E-state index is 5.65. The topological polar surface area (TPSA) is 60.0 Å². The van der Waals surface area contributed by atoms with Gasteiger partial charge in [0, 0.05) is 23.2 Å². The summed E-state index contributed by atoms with van der Waals surface area (Å²) in [4.78, 5) is 0. The third-order valence-corrected chi connectivity index (χ3v) is 4.61. The molecule has 0 aliphatic carbocycles. The van der Waals surface area contributed by atoms with E-state index in [-0.39, 0.29) is 6.10 Å². The van der Waals surface area contributed by atoms with Gasteiger partial charge in [0.1, 0.15) is 6.10 Å². The molecule has 1 aromatic heterocycles. The number of aromatic nitrogens is 1. The molecule has 0 aliphatic heterocycles. The average molecular weight is 426 g/mol. The van der Waals surface area contributed by atoms with Crippen LogP contribution >= 0.6 is 15.9 Å². The van der Waals surface area contributed by atoms with Crippen LogP contribution in [0.5, 0.6) is 0 Å². The van der Waals surface area contributed by atoms with Crippen molar-refractivity contribution in [2.75, 3.05) is 7.11 Å². The molecule has 6 heteroatoms. The molecule has 0 aliphatic rings. The van der Waals surface area contributed by atoms with Crippen LogP contribution in [0, 0.1) is 6.92 Å². The second-order valence-electron chi connectivity index (χ2n) is 6.05. The van der Waals surface area contributed by atoms with Gasteiger partial charge < -0.3 is 9.26 Å². The fourth-order valence-electron chi connectivity index (χ4n) is 2.70. The number of methoxy groups -OCH3 is 1. The zero-order chi connectivity index (χ0) is 19.2. The summed E-state index contributed by atoms with van der Waals surface area (Å²) in [7, 11) is 1.65. The van der Waals surface area contributed by atoms with E-state index in [1.165, 1.54) is 0 Å². The van der Waals surface area contributed by atoms with Crippen molar-refractivity contribution in [3.8, 4) is 0 Å². The third kappa shape index (κ3) is 4.78. The normalized spacial score (nSPS) is 13.3. The van der Waals surface area contributed by atoms with Crippen molar-refractivity contribution in [2.24, 2.45) is 10.2 Å². The van der Waals surface area contributed by atoms with Crippen LogP contribution in [0.2, 0.25) is 0 Å². The molecule has 1 unspecified atom stereocenters. The van der Waals surface area contributed by atoms with Crippen LogP contribution in [0.15, 0.2) is 73.8 Å². The van der Waals surface area contributed by atoms with E-state index in [1.807, 2.05) is 68.4 Å². The van der Waals surface area contributed by atoms with Crippen LogP contribution < -0.4 is 0 Å². The molecule has 3 aromatic rings. The lowest BCUT2D eigenvalue weighted by molar-refractivity contribution is 0.109. The van der Waals surface area contributed by atoms with Gasteiger partial charge >= 0.3 is 0 Å². The first-order chi connectivity index (χ1) is 13.1. The summed E-state index contributed by atoms with van der Waals surface area (Å²) < 4.78 is 12.1. The number of ether oxygens (including phenoxy) is 1. The molecule has 3 rings (SSSR count). The molecule has 0 radical (unpaired) electrons. The standard InChI is InChI=1S/C21H20BrN3O2/c1-14-12-20(27-25-14)21(26-3)19-7-5-4-6-17(19)13-23-24-15(2)16-8-10-18(22)11-9-16/h4-13,21H,1-3H3/b23-13+,24-15+. The number of benzene rings is 2. The number of aryl methyl sites for hydroxylation is 1. The SMILES string of the molecule is COC(c1cc(C)no1)c1ccccc1/C=N/N=C(\C)c1ccc(Br)cc1. The smallest absolute Gasteiger partial charge is 0.170 e. The van der Waals surface area contributed by atoms with E-state index in [4.69, 9.17) is 9.26 Å². The van der Waals surface area contributed by atoms with Gasteiger partial charge in [-0.2, -0.15) is 10.2 Å². The largest absolute Gasteiger partial charge is 0.369 e. The molecule has 5 nitrogen and oxygen atoms in total. The quantitative estimate of drug-likeness (QED) is 0.396. The van der Waals surface area contributed by atoms with Gasteiger partial charge in [-0.1, -0.05) is 57.5 Å². The Morgan fingerprint density at radius 1 is 1.19 bits per heavy atom. The Hall–Kier alpha value is -2.57. The van der Waals surface area contributed by atoms with Gasteiger partial charge in [0.25, 0.3) is 0 Å². The molecular formula is C21H20BrN3O2. The maximum Gasteiger partial charge on any atom is 0.170 e. The summed E-state index contributed by atoms with van der Waals surface area (Å²) in [5.41, 5.74) is 4.52. The van der Waals surface area contributed by atoms with Gasteiger partial charge in [0.2, 0.25) is 0 Å². The summed E-state index contributed by atoms with van der Waals surface area (Å²) >= 11 is 3.43. The Balaban J connectivity index is 1.86. The van der Waals surface area contributed by atoms with Crippen LogP contribution in [0.25, 0.3) is 0 Å². The highest BCUT2D eigenvalue weighted by molar-refractivity contribution is 9.10. The second kappa shape index (κ2) is 8.88. The van der Waals surface area contributed by atoms with E-state index in [2.05, 4.69) is 31.3 Å². The summed E-state index contributed by atoms with van der Waals surface area (Å²) in [6.45, 7) is 3.81. The highest BCUT2D eigenvalue weighted by atomic mass is 79.9. The molecule has 0 N–H and O–H groups in total. The molecule has 2 aromatic carbocycles. The summed E-state index contributed by atoms with van der Waals surface area (Å²) in [5, 5.41) is 12.5. The summed E-state index contributed by atoms with van der Waals surface area (Å²) in [6.07, 6.45) is 1.37. The molecule has 0 saturated carbocycles. The first kappa shape index (κ1) is 19.2. The molecular weight excluding hydrogens is 406 g/mol. The third-order valence-electron chi connectivity index (χ3n) is 4.09. The van der Waals surface area contributed by atoms with E-state index in [0.717, 1.165) is 32.6 Å². The predicted molar refractivity (Wildman–Crippen MR) is 110 cm³/mol. The van der Waals surface area contributed by atoms with Gasteiger partial charge in [0.05, 0.1) is 17.6 Å². The van der Waals surface area contributed by atoms with Crippen molar-refractivity contribution >= 4 is 27.9 Å². The van der Waals surface area contributed by atoms with E-state index >= 15 is 0 Å². The van der Waals surface area contributed by atoms with E-state index in [1.54, 1.807) is 13.3 Å². The average Bonchev–Trinajstić information content (AvgIpc) is 3.10. The number of halogens is 1. The zero-order valence-electron chi connectivity index (χ0n) is 15.4. The first-order valence-electron chi connectivity index (χ1n) is 8.47. The van der Waals surface area contributed by atoms with E-state index < -0.39 is 0 Å². The van der Waals surface area contributed by atoms with E-state index in [0.29, 0.717) is 5.76 Å². The number of rotatable bonds is 6. The van der Waals surface area contributed by atoms with Crippen LogP contribution in [-0.2, 0) is 4.74 Å².